The summed E-state index contributed by atoms with van der Waals surface area (Å²) in [5, 5.41) is 0. The summed E-state index contributed by atoms with van der Waals surface area (Å²) < 4.78 is 0. The van der Waals surface area contributed by atoms with Crippen molar-refractivity contribution in [3.8, 4) is 0 Å². The predicted molar refractivity (Wildman–Crippen MR) is 78.9 cm³/mol. The molecule has 0 saturated heterocycles. The van der Waals surface area contributed by atoms with E-state index in [2.05, 4.69) is 49.9 Å². The molecule has 0 aromatic heterocycles. The molecule has 2 rings (SSSR count). The number of hydrogen-bond donors (Lipinski definition) is 0. The van der Waals surface area contributed by atoms with E-state index in [-0.39, 0.29) is 0 Å². The van der Waals surface area contributed by atoms with E-state index < -0.39 is 0 Å². The minimum absolute atomic E-state index is 0.361. The van der Waals surface area contributed by atoms with Crippen LogP contribution in [0.3, 0.4) is 0 Å². The minimum Gasteiger partial charge on any atom is -0.294 e. The summed E-state index contributed by atoms with van der Waals surface area (Å²) in [5.74, 6) is 0. The van der Waals surface area contributed by atoms with Crippen LogP contribution in [0.5, 0.6) is 0 Å². The second kappa shape index (κ2) is 5.88. The Balaban J connectivity index is 2.25. The van der Waals surface area contributed by atoms with Crippen LogP contribution in [0.25, 0.3) is 0 Å². The van der Waals surface area contributed by atoms with Crippen molar-refractivity contribution >= 4 is 0 Å². The average Bonchev–Trinajstić information content (AvgIpc) is 2.31. The fraction of sp³-hybridized carbons (Fsp3) is 0.647. The molecule has 0 spiro atoms. The summed E-state index contributed by atoms with van der Waals surface area (Å²) in [6.07, 6.45) is 6.59. The Labute approximate surface area is 112 Å². The third kappa shape index (κ3) is 2.47. The first kappa shape index (κ1) is 13.6. The largest absolute Gasteiger partial charge is 0.294 e. The van der Waals surface area contributed by atoms with Crippen LogP contribution in [0.15, 0.2) is 24.3 Å². The monoisotopic (exact) mass is 245 g/mol. The van der Waals surface area contributed by atoms with Crippen LogP contribution in [0, 0.1) is 6.92 Å². The summed E-state index contributed by atoms with van der Waals surface area (Å²) in [5.41, 5.74) is 3.27. The number of nitrogens with zero attached hydrogens (tertiary/aromatic N) is 1. The van der Waals surface area contributed by atoms with E-state index in [0.717, 1.165) is 0 Å². The molecule has 18 heavy (non-hydrogen) atoms. The summed E-state index contributed by atoms with van der Waals surface area (Å²) in [6.45, 7) is 9.24. The van der Waals surface area contributed by atoms with Crippen LogP contribution < -0.4 is 0 Å². The van der Waals surface area contributed by atoms with Gasteiger partial charge in [-0.05, 0) is 57.7 Å². The maximum Gasteiger partial charge on any atom is 0.0460 e. The van der Waals surface area contributed by atoms with Crippen LogP contribution in [0.2, 0.25) is 0 Å². The summed E-state index contributed by atoms with van der Waals surface area (Å²) in [6, 6.07) is 9.25. The van der Waals surface area contributed by atoms with E-state index in [4.69, 9.17) is 0 Å². The molecule has 0 unspecified atom stereocenters. The SMILES string of the molecule is CCCN(CCC)C1(c2ccc(C)cc2)CCC1. The van der Waals surface area contributed by atoms with Gasteiger partial charge in [-0.2, -0.15) is 0 Å². The van der Waals surface area contributed by atoms with Gasteiger partial charge in [0.25, 0.3) is 0 Å². The lowest BCUT2D eigenvalue weighted by molar-refractivity contribution is 0.0115. The first-order valence-electron chi connectivity index (χ1n) is 7.55. The van der Waals surface area contributed by atoms with Gasteiger partial charge in [0.15, 0.2) is 0 Å². The highest BCUT2D eigenvalue weighted by atomic mass is 15.2. The Hall–Kier alpha value is -0.820. The molecule has 0 aliphatic heterocycles. The lowest BCUT2D eigenvalue weighted by Gasteiger charge is -2.51. The van der Waals surface area contributed by atoms with Crippen molar-refractivity contribution in [3.63, 3.8) is 0 Å². The van der Waals surface area contributed by atoms with Gasteiger partial charge < -0.3 is 0 Å². The molecule has 1 aliphatic carbocycles. The maximum atomic E-state index is 2.74. The van der Waals surface area contributed by atoms with Gasteiger partial charge in [-0.25, -0.2) is 0 Å². The number of rotatable bonds is 6. The Kier molecular flexibility index (Phi) is 4.45. The molecule has 0 atom stereocenters. The average molecular weight is 245 g/mol. The third-order valence-corrected chi connectivity index (χ3v) is 4.36. The molecule has 1 aromatic rings. The normalized spacial score (nSPS) is 17.8. The molecule has 1 nitrogen and oxygen atoms in total. The van der Waals surface area contributed by atoms with Gasteiger partial charge in [-0.1, -0.05) is 43.7 Å². The van der Waals surface area contributed by atoms with Crippen LogP contribution in [-0.2, 0) is 5.54 Å². The molecule has 1 saturated carbocycles. The fourth-order valence-corrected chi connectivity index (χ4v) is 3.24. The first-order valence-corrected chi connectivity index (χ1v) is 7.55. The Morgan fingerprint density at radius 2 is 1.56 bits per heavy atom. The lowest BCUT2D eigenvalue weighted by Crippen LogP contribution is -2.51. The molecule has 100 valence electrons. The van der Waals surface area contributed by atoms with Crippen LogP contribution in [-0.4, -0.2) is 18.0 Å². The van der Waals surface area contributed by atoms with Crippen molar-refractivity contribution in [3.05, 3.63) is 35.4 Å². The zero-order chi connectivity index (χ0) is 13.0. The highest BCUT2D eigenvalue weighted by Crippen LogP contribution is 2.46. The van der Waals surface area contributed by atoms with Crippen molar-refractivity contribution in [2.24, 2.45) is 0 Å². The minimum atomic E-state index is 0.361. The molecule has 1 aliphatic rings. The smallest absolute Gasteiger partial charge is 0.0460 e. The lowest BCUT2D eigenvalue weighted by atomic mass is 9.70. The Morgan fingerprint density at radius 3 is 1.94 bits per heavy atom. The molecule has 0 amide bonds. The fourth-order valence-electron chi connectivity index (χ4n) is 3.24. The van der Waals surface area contributed by atoms with Crippen molar-refractivity contribution in [1.82, 2.24) is 4.90 Å². The predicted octanol–water partition coefficient (Wildman–Crippen LogP) is 4.50. The molecular weight excluding hydrogens is 218 g/mol. The Bertz CT molecular complexity index is 356. The van der Waals surface area contributed by atoms with Crippen LogP contribution >= 0.6 is 0 Å². The molecular formula is C17H27N. The quantitative estimate of drug-likeness (QED) is 0.713. The summed E-state index contributed by atoms with van der Waals surface area (Å²) in [7, 11) is 0. The molecule has 0 heterocycles. The van der Waals surface area contributed by atoms with E-state index in [1.54, 1.807) is 5.56 Å². The summed E-state index contributed by atoms with van der Waals surface area (Å²) >= 11 is 0. The van der Waals surface area contributed by atoms with Crippen LogP contribution in [0.4, 0.5) is 0 Å². The van der Waals surface area contributed by atoms with E-state index in [9.17, 15) is 0 Å². The van der Waals surface area contributed by atoms with Gasteiger partial charge >= 0.3 is 0 Å². The summed E-state index contributed by atoms with van der Waals surface area (Å²) in [4.78, 5) is 2.74. The second-order valence-electron chi connectivity index (χ2n) is 5.74. The van der Waals surface area contributed by atoms with Gasteiger partial charge in [0.2, 0.25) is 0 Å². The van der Waals surface area contributed by atoms with Crippen molar-refractivity contribution in [2.75, 3.05) is 13.1 Å². The standard InChI is InChI=1S/C17H27N/c1-4-13-18(14-5-2)17(11-6-12-17)16-9-7-15(3)8-10-16/h7-10H,4-6,11-14H2,1-3H3. The molecule has 0 radical (unpaired) electrons. The third-order valence-electron chi connectivity index (χ3n) is 4.36. The van der Waals surface area contributed by atoms with Gasteiger partial charge in [0.05, 0.1) is 0 Å². The molecule has 1 heteroatoms. The molecule has 0 N–H and O–H groups in total. The van der Waals surface area contributed by atoms with Crippen molar-refractivity contribution in [1.29, 1.82) is 0 Å². The number of hydrogen-bond acceptors (Lipinski definition) is 1. The van der Waals surface area contributed by atoms with Gasteiger partial charge in [0, 0.05) is 5.54 Å². The van der Waals surface area contributed by atoms with E-state index >= 15 is 0 Å². The zero-order valence-corrected chi connectivity index (χ0v) is 12.2. The maximum absolute atomic E-state index is 2.74. The number of aryl methyl sites for hydroxylation is 1. The second-order valence-corrected chi connectivity index (χ2v) is 5.74. The highest BCUT2D eigenvalue weighted by Gasteiger charge is 2.42. The Morgan fingerprint density at radius 1 is 1.00 bits per heavy atom. The molecule has 1 aromatic carbocycles. The van der Waals surface area contributed by atoms with Gasteiger partial charge in [0.1, 0.15) is 0 Å². The topological polar surface area (TPSA) is 3.24 Å². The molecule has 1 fully saturated rings. The number of benzene rings is 1. The first-order chi connectivity index (χ1) is 8.73. The zero-order valence-electron chi connectivity index (χ0n) is 12.2. The van der Waals surface area contributed by atoms with E-state index in [1.807, 2.05) is 0 Å². The van der Waals surface area contributed by atoms with E-state index in [1.165, 1.54) is 50.8 Å². The highest BCUT2D eigenvalue weighted by molar-refractivity contribution is 5.30. The van der Waals surface area contributed by atoms with Gasteiger partial charge in [-0.15, -0.1) is 0 Å². The van der Waals surface area contributed by atoms with E-state index in [0.29, 0.717) is 5.54 Å². The molecule has 0 bridgehead atoms. The van der Waals surface area contributed by atoms with Gasteiger partial charge in [-0.3, -0.25) is 4.90 Å². The van der Waals surface area contributed by atoms with Crippen molar-refractivity contribution < 1.29 is 0 Å². The van der Waals surface area contributed by atoms with Crippen LogP contribution in [0.1, 0.15) is 57.1 Å². The van der Waals surface area contributed by atoms with Crippen molar-refractivity contribution in [2.45, 2.75) is 58.4 Å².